The van der Waals surface area contributed by atoms with Crippen molar-refractivity contribution in [2.24, 2.45) is 0 Å². The third-order valence-electron chi connectivity index (χ3n) is 8.12. The van der Waals surface area contributed by atoms with Crippen molar-refractivity contribution in [2.75, 3.05) is 7.11 Å². The molecule has 50 heavy (non-hydrogen) atoms. The summed E-state index contributed by atoms with van der Waals surface area (Å²) < 4.78 is 39.3. The minimum atomic E-state index is -2.65. The molecule has 4 atom stereocenters. The van der Waals surface area contributed by atoms with E-state index in [1.807, 2.05) is 24.3 Å². The number of carbonyl (C=O) groups excluding carboxylic acids is 4. The fourth-order valence-electron chi connectivity index (χ4n) is 5.64. The average Bonchev–Trinajstić information content (AvgIpc) is 3.12. The van der Waals surface area contributed by atoms with Gasteiger partial charge in [-0.1, -0.05) is 97.6 Å². The number of amides is 2. The van der Waals surface area contributed by atoms with Crippen molar-refractivity contribution in [2.45, 2.75) is 43.5 Å². The summed E-state index contributed by atoms with van der Waals surface area (Å²) in [5.41, 5.74) is 3.08. The molecule has 12 heteroatoms. The Balaban J connectivity index is 1.22. The molecule has 0 aromatic heterocycles. The molecule has 1 aliphatic heterocycles. The first kappa shape index (κ1) is 35.7. The lowest BCUT2D eigenvalue weighted by atomic mass is 9.98. The van der Waals surface area contributed by atoms with Gasteiger partial charge in [-0.05, 0) is 47.4 Å². The largest absolute Gasteiger partial charge is 0.496 e. The Labute approximate surface area is 292 Å². The molecule has 4 aromatic carbocycles. The molecule has 11 nitrogen and oxygen atoms in total. The maximum absolute atomic E-state index is 13.7. The molecule has 4 unspecified atom stereocenters. The smallest absolute Gasteiger partial charge is 0.338 e. The molecule has 258 valence electrons. The minimum absolute atomic E-state index is 0.0113. The Bertz CT molecular complexity index is 1840. The second kappa shape index (κ2) is 16.2. The quantitative estimate of drug-likeness (QED) is 0.0825. The van der Waals surface area contributed by atoms with Gasteiger partial charge in [-0.2, -0.15) is 0 Å². The van der Waals surface area contributed by atoms with Crippen molar-refractivity contribution in [1.82, 2.24) is 10.2 Å². The first-order valence-electron chi connectivity index (χ1n) is 15.6. The Morgan fingerprint density at radius 2 is 1.48 bits per heavy atom. The van der Waals surface area contributed by atoms with Crippen molar-refractivity contribution in [3.8, 4) is 5.75 Å². The zero-order chi connectivity index (χ0) is 35.8. The van der Waals surface area contributed by atoms with Crippen LogP contribution in [0.3, 0.4) is 0 Å². The predicted octanol–water partition coefficient (Wildman–Crippen LogP) is 4.75. The number of nitrogens with one attached hydrogen (secondary N) is 1. The third-order valence-corrected chi connectivity index (χ3v) is 9.03. The molecular formula is C38H36N2O9S. The number of hydrogen-bond acceptors (Lipinski definition) is 8. The summed E-state index contributed by atoms with van der Waals surface area (Å²) in [5, 5.41) is 1.08. The summed E-state index contributed by atoms with van der Waals surface area (Å²) >= 11 is -2.65. The number of methoxy groups -OCH3 is 1. The normalized spacial score (nSPS) is 16.5. The van der Waals surface area contributed by atoms with Gasteiger partial charge in [0, 0.05) is 5.56 Å². The van der Waals surface area contributed by atoms with Gasteiger partial charge < -0.3 is 29.0 Å². The highest BCUT2D eigenvalue weighted by Gasteiger charge is 2.56. The van der Waals surface area contributed by atoms with Crippen molar-refractivity contribution >= 4 is 34.8 Å². The minimum Gasteiger partial charge on any atom is -0.496 e. The molecule has 0 aliphatic carbocycles. The molecule has 1 aliphatic rings. The van der Waals surface area contributed by atoms with Crippen LogP contribution in [0.25, 0.3) is 0 Å². The topological polar surface area (TPSA) is 149 Å². The van der Waals surface area contributed by atoms with Crippen molar-refractivity contribution < 1.29 is 42.2 Å². The number of esters is 2. The Kier molecular flexibility index (Phi) is 11.6. The van der Waals surface area contributed by atoms with Crippen molar-refractivity contribution in [3.63, 3.8) is 0 Å². The second-order valence-corrected chi connectivity index (χ2v) is 12.6. The van der Waals surface area contributed by atoms with E-state index in [1.54, 1.807) is 72.8 Å². The van der Waals surface area contributed by atoms with Crippen LogP contribution >= 0.6 is 0 Å². The van der Waals surface area contributed by atoms with Crippen molar-refractivity contribution in [3.05, 3.63) is 149 Å². The Morgan fingerprint density at radius 3 is 2.04 bits per heavy atom. The summed E-state index contributed by atoms with van der Waals surface area (Å²) in [4.78, 5) is 53.6. The first-order chi connectivity index (χ1) is 24.1. The van der Waals surface area contributed by atoms with E-state index in [4.69, 9.17) is 14.2 Å². The van der Waals surface area contributed by atoms with Gasteiger partial charge in [0.05, 0.1) is 19.1 Å². The van der Waals surface area contributed by atoms with Gasteiger partial charge in [0.15, 0.2) is 28.6 Å². The molecule has 1 fully saturated rings. The van der Waals surface area contributed by atoms with E-state index >= 15 is 0 Å². The molecule has 1 heterocycles. The van der Waals surface area contributed by atoms with Crippen LogP contribution in [-0.2, 0) is 48.0 Å². The Hall–Kier alpha value is -5.59. The van der Waals surface area contributed by atoms with Crippen LogP contribution in [-0.4, -0.2) is 62.0 Å². The number of hydrogen-bond donors (Lipinski definition) is 2. The zero-order valence-electron chi connectivity index (χ0n) is 27.4. The van der Waals surface area contributed by atoms with Crippen LogP contribution in [0.15, 0.2) is 121 Å². The molecule has 0 spiro atoms. The van der Waals surface area contributed by atoms with Gasteiger partial charge in [-0.15, -0.1) is 0 Å². The lowest BCUT2D eigenvalue weighted by Crippen LogP contribution is -2.75. The van der Waals surface area contributed by atoms with Gasteiger partial charge >= 0.3 is 11.9 Å². The summed E-state index contributed by atoms with van der Waals surface area (Å²) in [7, 11) is 1.53. The van der Waals surface area contributed by atoms with E-state index in [1.165, 1.54) is 26.2 Å². The number of rotatable bonds is 14. The van der Waals surface area contributed by atoms with Gasteiger partial charge in [0.1, 0.15) is 18.4 Å². The second-order valence-electron chi connectivity index (χ2n) is 11.6. The maximum atomic E-state index is 13.7. The summed E-state index contributed by atoms with van der Waals surface area (Å²) in [6.07, 6.45) is -1.01. The zero-order valence-corrected chi connectivity index (χ0v) is 28.2. The van der Waals surface area contributed by atoms with Gasteiger partial charge in [-0.25, -0.2) is 13.8 Å². The molecule has 0 radical (unpaired) electrons. The summed E-state index contributed by atoms with van der Waals surface area (Å²) in [5.74, 6) is -2.15. The highest BCUT2D eigenvalue weighted by Crippen LogP contribution is 2.32. The van der Waals surface area contributed by atoms with Crippen molar-refractivity contribution in [1.29, 1.82) is 0 Å². The fourth-order valence-corrected chi connectivity index (χ4v) is 6.48. The molecule has 4 aromatic rings. The average molecular weight is 697 g/mol. The Morgan fingerprint density at radius 1 is 0.900 bits per heavy atom. The van der Waals surface area contributed by atoms with Crippen LogP contribution in [0, 0.1) is 0 Å². The number of likely N-dealkylation sites (tertiary alicyclic amines) is 1. The number of ether oxygens (including phenoxy) is 3. The van der Waals surface area contributed by atoms with Crippen LogP contribution < -0.4 is 10.1 Å². The molecule has 2 amide bonds. The van der Waals surface area contributed by atoms with Crippen LogP contribution in [0.5, 0.6) is 5.75 Å². The van der Waals surface area contributed by atoms with Gasteiger partial charge in [0.2, 0.25) is 5.91 Å². The number of para-hydroxylation sites is 1. The standard InChI is InChI=1S/C38H36N2O9S/c1-24(2)33(38(44)49-34(26-12-6-4-7-13-26)27-14-8-5-9-15-27)40-35(42)32(36(40)50(45)46)39-31(41)22-25-18-20-28(21-19-25)37(43)48-23-29-16-10-11-17-30(29)47-3/h4-21,32-34,36H,1,22-23H2,2-3H3,(H,39,41)(H,45,46). The molecular weight excluding hydrogens is 660 g/mol. The maximum Gasteiger partial charge on any atom is 0.338 e. The predicted molar refractivity (Wildman–Crippen MR) is 185 cm³/mol. The van der Waals surface area contributed by atoms with E-state index in [9.17, 15) is 27.9 Å². The number of carbonyl (C=O) groups is 4. The third kappa shape index (κ3) is 8.16. The van der Waals surface area contributed by atoms with E-state index in [-0.39, 0.29) is 24.2 Å². The van der Waals surface area contributed by atoms with E-state index in [2.05, 4.69) is 11.9 Å². The van der Waals surface area contributed by atoms with Crippen LogP contribution in [0.1, 0.15) is 45.6 Å². The summed E-state index contributed by atoms with van der Waals surface area (Å²) in [6.45, 7) is 5.38. The molecule has 5 rings (SSSR count). The monoisotopic (exact) mass is 696 g/mol. The van der Waals surface area contributed by atoms with Gasteiger partial charge in [0.25, 0.3) is 5.91 Å². The first-order valence-corrected chi connectivity index (χ1v) is 16.8. The molecule has 0 saturated carbocycles. The fraction of sp³-hybridized carbons (Fsp3) is 0.211. The molecule has 2 N–H and O–H groups in total. The SMILES string of the molecule is C=C(C)C(C(=O)OC(c1ccccc1)c1ccccc1)N1C(=O)C(NC(=O)Cc2ccc(C(=O)OCc3ccccc3OC)cc2)C1S(=O)O. The lowest BCUT2D eigenvalue weighted by Gasteiger charge is -2.48. The van der Waals surface area contributed by atoms with Gasteiger partial charge in [-0.3, -0.25) is 9.59 Å². The summed E-state index contributed by atoms with van der Waals surface area (Å²) in [6, 6.07) is 28.7. The van der Waals surface area contributed by atoms with E-state index in [0.29, 0.717) is 28.0 Å². The molecule has 0 bridgehead atoms. The van der Waals surface area contributed by atoms with E-state index in [0.717, 1.165) is 4.90 Å². The highest BCUT2D eigenvalue weighted by atomic mass is 32.2. The van der Waals surface area contributed by atoms with E-state index < -0.39 is 58.4 Å². The number of benzene rings is 4. The lowest BCUT2D eigenvalue weighted by molar-refractivity contribution is -0.165. The number of β-lactam (4-membered cyclic amide) rings is 1. The van der Waals surface area contributed by atoms with Crippen LogP contribution in [0.2, 0.25) is 0 Å². The van der Waals surface area contributed by atoms with Crippen LogP contribution in [0.4, 0.5) is 0 Å². The highest BCUT2D eigenvalue weighted by molar-refractivity contribution is 7.80. The number of nitrogens with zero attached hydrogens (tertiary/aromatic N) is 1. The molecule has 1 saturated heterocycles.